The van der Waals surface area contributed by atoms with Crippen molar-refractivity contribution in [3.05, 3.63) is 96.1 Å². The molecule has 2 unspecified atom stereocenters. The van der Waals surface area contributed by atoms with Gasteiger partial charge in [0.15, 0.2) is 0 Å². The van der Waals surface area contributed by atoms with Crippen LogP contribution in [0.5, 0.6) is 0 Å². The summed E-state index contributed by atoms with van der Waals surface area (Å²) in [5.41, 5.74) is 1.77. The number of benzene rings is 2. The SMILES string of the molecule is C=CCCC(=O)NC(CN(C)C(=O)C(CC=C)CC(=O)Cc1ccc(Cl)cc1)c1ccccc1. The molecule has 0 aromatic heterocycles. The van der Waals surface area contributed by atoms with Crippen LogP contribution in [0.15, 0.2) is 79.9 Å². The molecule has 0 aliphatic heterocycles. The van der Waals surface area contributed by atoms with Crippen molar-refractivity contribution in [2.75, 3.05) is 13.6 Å². The lowest BCUT2D eigenvalue weighted by Crippen LogP contribution is -2.41. The predicted octanol–water partition coefficient (Wildman–Crippen LogP) is 5.32. The van der Waals surface area contributed by atoms with Gasteiger partial charge in [0.2, 0.25) is 11.8 Å². The summed E-state index contributed by atoms with van der Waals surface area (Å²) in [5, 5.41) is 3.64. The second-order valence-corrected chi connectivity index (χ2v) is 8.78. The van der Waals surface area contributed by atoms with Gasteiger partial charge in [-0.25, -0.2) is 0 Å². The quantitative estimate of drug-likeness (QED) is 0.372. The number of nitrogens with zero attached hydrogens (tertiary/aromatic N) is 1. The maximum absolute atomic E-state index is 13.3. The van der Waals surface area contributed by atoms with Crippen molar-refractivity contribution in [1.29, 1.82) is 0 Å². The Kier molecular flexibility index (Phi) is 11.3. The van der Waals surface area contributed by atoms with E-state index in [0.29, 0.717) is 30.8 Å². The van der Waals surface area contributed by atoms with Gasteiger partial charge in [0.25, 0.3) is 0 Å². The summed E-state index contributed by atoms with van der Waals surface area (Å²) < 4.78 is 0. The van der Waals surface area contributed by atoms with Crippen molar-refractivity contribution in [2.24, 2.45) is 5.92 Å². The zero-order valence-corrected chi connectivity index (χ0v) is 20.5. The second-order valence-electron chi connectivity index (χ2n) is 8.34. The molecule has 6 heteroatoms. The number of halogens is 1. The number of likely N-dealkylation sites (N-methyl/N-ethyl adjacent to an activating group) is 1. The van der Waals surface area contributed by atoms with Crippen molar-refractivity contribution in [1.82, 2.24) is 10.2 Å². The smallest absolute Gasteiger partial charge is 0.226 e. The third kappa shape index (κ3) is 8.99. The third-order valence-corrected chi connectivity index (χ3v) is 5.79. The average molecular weight is 481 g/mol. The molecule has 2 aromatic carbocycles. The lowest BCUT2D eigenvalue weighted by Gasteiger charge is -2.28. The van der Waals surface area contributed by atoms with Gasteiger partial charge >= 0.3 is 0 Å². The molecule has 0 spiro atoms. The standard InChI is InChI=1S/C28H33ClN2O3/c1-4-6-13-27(33)30-26(22-11-8-7-9-12-22)20-31(3)28(34)23(10-5-2)19-25(32)18-21-14-16-24(29)17-15-21/h4-5,7-9,11-12,14-17,23,26H,1-2,6,10,13,18-20H2,3H3,(H,30,33). The van der Waals surface area contributed by atoms with Gasteiger partial charge in [-0.15, -0.1) is 13.2 Å². The van der Waals surface area contributed by atoms with Gasteiger partial charge in [0, 0.05) is 43.8 Å². The van der Waals surface area contributed by atoms with Crippen LogP contribution in [-0.2, 0) is 20.8 Å². The number of nitrogens with one attached hydrogen (secondary N) is 1. The Labute approximate surface area is 207 Å². The van der Waals surface area contributed by atoms with Gasteiger partial charge in [0.1, 0.15) is 5.78 Å². The Morgan fingerprint density at radius 2 is 1.71 bits per heavy atom. The molecular formula is C28H33ClN2O3. The first-order chi connectivity index (χ1) is 16.3. The van der Waals surface area contributed by atoms with E-state index in [4.69, 9.17) is 11.6 Å². The zero-order valence-electron chi connectivity index (χ0n) is 19.7. The van der Waals surface area contributed by atoms with Gasteiger partial charge in [-0.05, 0) is 36.1 Å². The molecule has 2 aromatic rings. The van der Waals surface area contributed by atoms with Crippen molar-refractivity contribution < 1.29 is 14.4 Å². The van der Waals surface area contributed by atoms with Crippen LogP contribution in [0.2, 0.25) is 5.02 Å². The van der Waals surface area contributed by atoms with Crippen molar-refractivity contribution in [2.45, 2.75) is 38.1 Å². The van der Waals surface area contributed by atoms with Gasteiger partial charge in [-0.1, -0.05) is 66.2 Å². The molecule has 0 bridgehead atoms. The van der Waals surface area contributed by atoms with Gasteiger partial charge in [0.05, 0.1) is 6.04 Å². The Morgan fingerprint density at radius 1 is 1.03 bits per heavy atom. The van der Waals surface area contributed by atoms with Crippen molar-refractivity contribution >= 4 is 29.2 Å². The van der Waals surface area contributed by atoms with E-state index in [9.17, 15) is 14.4 Å². The van der Waals surface area contributed by atoms with Crippen LogP contribution in [0.4, 0.5) is 0 Å². The van der Waals surface area contributed by atoms with E-state index in [-0.39, 0.29) is 36.5 Å². The molecule has 0 aliphatic carbocycles. The number of amides is 2. The summed E-state index contributed by atoms with van der Waals surface area (Å²) in [7, 11) is 1.70. The topological polar surface area (TPSA) is 66.5 Å². The van der Waals surface area contributed by atoms with E-state index >= 15 is 0 Å². The van der Waals surface area contributed by atoms with Crippen molar-refractivity contribution in [3.8, 4) is 0 Å². The summed E-state index contributed by atoms with van der Waals surface area (Å²) in [4.78, 5) is 39.9. The number of Topliss-reactive ketones (excluding diaryl/α,β-unsaturated/α-hetero) is 1. The minimum Gasteiger partial charge on any atom is -0.347 e. The average Bonchev–Trinajstić information content (AvgIpc) is 2.83. The van der Waals surface area contributed by atoms with E-state index in [1.165, 1.54) is 0 Å². The minimum atomic E-state index is -0.504. The largest absolute Gasteiger partial charge is 0.347 e. The van der Waals surface area contributed by atoms with E-state index in [2.05, 4.69) is 18.5 Å². The highest BCUT2D eigenvalue weighted by Crippen LogP contribution is 2.20. The number of ketones is 1. The van der Waals surface area contributed by atoms with E-state index < -0.39 is 5.92 Å². The predicted molar refractivity (Wildman–Crippen MR) is 137 cm³/mol. The number of hydrogen-bond acceptors (Lipinski definition) is 3. The molecule has 1 N–H and O–H groups in total. The van der Waals surface area contributed by atoms with Gasteiger partial charge in [-0.2, -0.15) is 0 Å². The van der Waals surface area contributed by atoms with Crippen LogP contribution in [0.25, 0.3) is 0 Å². The number of rotatable bonds is 14. The fourth-order valence-electron chi connectivity index (χ4n) is 3.74. The molecule has 2 amide bonds. The van der Waals surface area contributed by atoms with Crippen LogP contribution in [0, 0.1) is 5.92 Å². The highest BCUT2D eigenvalue weighted by atomic mass is 35.5. The molecule has 2 rings (SSSR count). The molecule has 5 nitrogen and oxygen atoms in total. The normalized spacial score (nSPS) is 12.3. The molecule has 0 saturated heterocycles. The molecule has 0 fully saturated rings. The van der Waals surface area contributed by atoms with Crippen LogP contribution < -0.4 is 5.32 Å². The summed E-state index contributed by atoms with van der Waals surface area (Å²) >= 11 is 5.92. The fourth-order valence-corrected chi connectivity index (χ4v) is 3.87. The Balaban J connectivity index is 2.07. The summed E-state index contributed by atoms with van der Waals surface area (Å²) in [5.74, 6) is -0.774. The molecule has 0 heterocycles. The maximum Gasteiger partial charge on any atom is 0.226 e. The number of hydrogen-bond donors (Lipinski definition) is 1. The highest BCUT2D eigenvalue weighted by molar-refractivity contribution is 6.30. The van der Waals surface area contributed by atoms with E-state index in [1.807, 2.05) is 42.5 Å². The molecule has 180 valence electrons. The first kappa shape index (κ1) is 27.1. The number of carbonyl (C=O) groups excluding carboxylic acids is 3. The van der Waals surface area contributed by atoms with Crippen LogP contribution in [0.1, 0.15) is 42.9 Å². The van der Waals surface area contributed by atoms with Gasteiger partial charge < -0.3 is 10.2 Å². The lowest BCUT2D eigenvalue weighted by molar-refractivity contribution is -0.137. The zero-order chi connectivity index (χ0) is 24.9. The molecule has 0 radical (unpaired) electrons. The molecule has 34 heavy (non-hydrogen) atoms. The number of allylic oxidation sites excluding steroid dienone is 2. The first-order valence-electron chi connectivity index (χ1n) is 11.4. The van der Waals surface area contributed by atoms with Crippen LogP contribution in [-0.4, -0.2) is 36.1 Å². The lowest BCUT2D eigenvalue weighted by atomic mass is 9.94. The Hall–Kier alpha value is -3.18. The monoisotopic (exact) mass is 480 g/mol. The number of carbonyl (C=O) groups is 3. The summed E-state index contributed by atoms with van der Waals surface area (Å²) in [6.07, 6.45) is 5.05. The summed E-state index contributed by atoms with van der Waals surface area (Å²) in [6, 6.07) is 16.3. The van der Waals surface area contributed by atoms with Crippen LogP contribution in [0.3, 0.4) is 0 Å². The van der Waals surface area contributed by atoms with E-state index in [1.54, 1.807) is 36.2 Å². The van der Waals surface area contributed by atoms with Crippen molar-refractivity contribution in [3.63, 3.8) is 0 Å². The third-order valence-electron chi connectivity index (χ3n) is 5.53. The molecule has 2 atom stereocenters. The first-order valence-corrected chi connectivity index (χ1v) is 11.8. The molecule has 0 aliphatic rings. The van der Waals surface area contributed by atoms with E-state index in [0.717, 1.165) is 11.1 Å². The second kappa shape index (κ2) is 14.2. The fraction of sp³-hybridized carbons (Fsp3) is 0.321. The van der Waals surface area contributed by atoms with Gasteiger partial charge in [-0.3, -0.25) is 14.4 Å². The summed E-state index contributed by atoms with van der Waals surface area (Å²) in [6.45, 7) is 7.71. The maximum atomic E-state index is 13.3. The molecule has 0 saturated carbocycles. The van der Waals surface area contributed by atoms with Crippen LogP contribution >= 0.6 is 11.6 Å². The molecular weight excluding hydrogens is 448 g/mol. The Bertz CT molecular complexity index is 973. The minimum absolute atomic E-state index is 0.0201. The highest BCUT2D eigenvalue weighted by Gasteiger charge is 2.26. The Morgan fingerprint density at radius 3 is 2.32 bits per heavy atom.